The van der Waals surface area contributed by atoms with Crippen molar-refractivity contribution in [1.29, 1.82) is 0 Å². The van der Waals surface area contributed by atoms with Crippen LogP contribution in [0.2, 0.25) is 0 Å². The van der Waals surface area contributed by atoms with Crippen molar-refractivity contribution in [2.75, 3.05) is 26.7 Å². The van der Waals surface area contributed by atoms with Crippen molar-refractivity contribution in [3.8, 4) is 5.75 Å². The molecular formula is C20H22FN3O4. The van der Waals surface area contributed by atoms with Gasteiger partial charge in [0.15, 0.2) is 0 Å². The third-order valence-corrected chi connectivity index (χ3v) is 4.92. The van der Waals surface area contributed by atoms with Crippen molar-refractivity contribution in [1.82, 2.24) is 10.2 Å². The summed E-state index contributed by atoms with van der Waals surface area (Å²) in [7, 11) is 1.60. The van der Waals surface area contributed by atoms with Crippen LogP contribution in [0.25, 0.3) is 0 Å². The van der Waals surface area contributed by atoms with E-state index >= 15 is 0 Å². The third kappa shape index (κ3) is 4.45. The Bertz CT molecular complexity index is 868. The number of ether oxygens (including phenoxy) is 1. The molecule has 3 rings (SSSR count). The van der Waals surface area contributed by atoms with E-state index < -0.39 is 16.6 Å². The number of methoxy groups -OCH3 is 1. The fraction of sp³-hybridized carbons (Fsp3) is 0.350. The Labute approximate surface area is 162 Å². The van der Waals surface area contributed by atoms with Crippen LogP contribution < -0.4 is 10.1 Å². The molecule has 0 aliphatic carbocycles. The van der Waals surface area contributed by atoms with Crippen LogP contribution in [0.3, 0.4) is 0 Å². The zero-order valence-corrected chi connectivity index (χ0v) is 15.6. The molecule has 148 valence electrons. The summed E-state index contributed by atoms with van der Waals surface area (Å²) >= 11 is 0. The highest BCUT2D eigenvalue weighted by atomic mass is 19.1. The summed E-state index contributed by atoms with van der Waals surface area (Å²) in [5, 5.41) is 13.5. The Morgan fingerprint density at radius 2 is 2.04 bits per heavy atom. The molecule has 0 spiro atoms. The average molecular weight is 387 g/mol. The highest BCUT2D eigenvalue weighted by Gasteiger charge is 2.25. The summed E-state index contributed by atoms with van der Waals surface area (Å²) in [5.74, 6) is -0.778. The Kier molecular flexibility index (Phi) is 6.20. The minimum absolute atomic E-state index is 0.0670. The van der Waals surface area contributed by atoms with E-state index in [2.05, 4.69) is 10.2 Å². The number of likely N-dealkylation sites (tertiary alicyclic amines) is 1. The van der Waals surface area contributed by atoms with Gasteiger partial charge >= 0.3 is 0 Å². The molecule has 0 radical (unpaired) electrons. The number of halogens is 1. The number of nitro groups is 1. The number of hydrogen-bond acceptors (Lipinski definition) is 5. The average Bonchev–Trinajstić information content (AvgIpc) is 3.22. The van der Waals surface area contributed by atoms with Crippen molar-refractivity contribution in [2.45, 2.75) is 18.9 Å². The standard InChI is InChI=1S/C20H22FN3O4/c1-28-16-6-4-5-14(11-16)19(23-9-2-3-10-23)13-22-20(25)17-8-7-15(24(26)27)12-18(17)21/h4-8,11-12,19H,2-3,9-10,13H2,1H3,(H,22,25). The SMILES string of the molecule is COc1cccc(C(CNC(=O)c2ccc([N+](=O)[O-])cc2F)N2CCCC2)c1. The molecule has 1 heterocycles. The summed E-state index contributed by atoms with van der Waals surface area (Å²) in [6.45, 7) is 2.13. The molecule has 8 heteroatoms. The predicted octanol–water partition coefficient (Wildman–Crippen LogP) is 3.31. The number of carbonyl (C=O) groups is 1. The number of hydrogen-bond donors (Lipinski definition) is 1. The van der Waals surface area contributed by atoms with Crippen LogP contribution in [0.4, 0.5) is 10.1 Å². The summed E-state index contributed by atoms with van der Waals surface area (Å²) in [6, 6.07) is 10.6. The van der Waals surface area contributed by atoms with Gasteiger partial charge in [-0.3, -0.25) is 19.8 Å². The maximum absolute atomic E-state index is 14.1. The Hall–Kier alpha value is -3.00. The van der Waals surface area contributed by atoms with Crippen molar-refractivity contribution >= 4 is 11.6 Å². The Morgan fingerprint density at radius 3 is 2.68 bits per heavy atom. The van der Waals surface area contributed by atoms with Crippen LogP contribution in [0, 0.1) is 15.9 Å². The molecule has 2 aromatic rings. The second-order valence-corrected chi connectivity index (χ2v) is 6.67. The van der Waals surface area contributed by atoms with Crippen molar-refractivity contribution < 1.29 is 18.8 Å². The molecule has 1 fully saturated rings. The lowest BCUT2D eigenvalue weighted by Gasteiger charge is -2.28. The van der Waals surface area contributed by atoms with Gasteiger partial charge in [-0.15, -0.1) is 0 Å². The van der Waals surface area contributed by atoms with Crippen LogP contribution >= 0.6 is 0 Å². The maximum Gasteiger partial charge on any atom is 0.272 e. The van der Waals surface area contributed by atoms with Gasteiger partial charge < -0.3 is 10.1 Å². The second-order valence-electron chi connectivity index (χ2n) is 6.67. The lowest BCUT2D eigenvalue weighted by Crippen LogP contribution is -2.37. The van der Waals surface area contributed by atoms with Crippen LogP contribution in [-0.4, -0.2) is 42.5 Å². The van der Waals surface area contributed by atoms with Crippen molar-refractivity contribution in [2.24, 2.45) is 0 Å². The van der Waals surface area contributed by atoms with Gasteiger partial charge in [-0.1, -0.05) is 12.1 Å². The minimum atomic E-state index is -0.911. The topological polar surface area (TPSA) is 84.7 Å². The number of amides is 1. The normalized spacial score (nSPS) is 15.2. The van der Waals surface area contributed by atoms with E-state index in [9.17, 15) is 19.3 Å². The van der Waals surface area contributed by atoms with E-state index in [1.807, 2.05) is 24.3 Å². The summed E-state index contributed by atoms with van der Waals surface area (Å²) < 4.78 is 19.4. The van der Waals surface area contributed by atoms with Crippen LogP contribution in [0.15, 0.2) is 42.5 Å². The summed E-state index contributed by atoms with van der Waals surface area (Å²) in [5.41, 5.74) is 0.405. The number of rotatable bonds is 7. The number of nitrogens with one attached hydrogen (secondary N) is 1. The minimum Gasteiger partial charge on any atom is -0.497 e. The summed E-state index contributed by atoms with van der Waals surface area (Å²) in [6.07, 6.45) is 2.18. The molecule has 1 saturated heterocycles. The fourth-order valence-corrected chi connectivity index (χ4v) is 3.45. The number of non-ortho nitro benzene ring substituents is 1. The van der Waals surface area contributed by atoms with Gasteiger partial charge in [0.1, 0.15) is 11.6 Å². The molecule has 7 nitrogen and oxygen atoms in total. The second kappa shape index (κ2) is 8.79. The largest absolute Gasteiger partial charge is 0.497 e. The van der Waals surface area contributed by atoms with Crippen molar-refractivity contribution in [3.05, 3.63) is 69.5 Å². The first-order valence-corrected chi connectivity index (χ1v) is 9.09. The smallest absolute Gasteiger partial charge is 0.272 e. The number of carbonyl (C=O) groups excluding carboxylic acids is 1. The van der Waals surface area contributed by atoms with E-state index in [0.29, 0.717) is 6.54 Å². The first-order valence-electron chi connectivity index (χ1n) is 9.09. The lowest BCUT2D eigenvalue weighted by atomic mass is 10.0. The first-order chi connectivity index (χ1) is 13.5. The van der Waals surface area contributed by atoms with Crippen LogP contribution in [0.1, 0.15) is 34.8 Å². The van der Waals surface area contributed by atoms with E-state index in [1.54, 1.807) is 7.11 Å². The van der Waals surface area contributed by atoms with E-state index in [1.165, 1.54) is 0 Å². The fourth-order valence-electron chi connectivity index (χ4n) is 3.45. The quantitative estimate of drug-likeness (QED) is 0.582. The lowest BCUT2D eigenvalue weighted by molar-refractivity contribution is -0.385. The first kappa shape index (κ1) is 19.8. The number of nitrogens with zero attached hydrogens (tertiary/aromatic N) is 2. The van der Waals surface area contributed by atoms with Gasteiger partial charge in [-0.05, 0) is 49.7 Å². The van der Waals surface area contributed by atoms with E-state index in [-0.39, 0.29) is 17.3 Å². The summed E-state index contributed by atoms with van der Waals surface area (Å²) in [4.78, 5) is 24.8. The molecule has 1 aliphatic heterocycles. The molecule has 1 N–H and O–H groups in total. The molecule has 1 atom stereocenters. The van der Waals surface area contributed by atoms with Gasteiger partial charge in [0.2, 0.25) is 0 Å². The molecule has 0 bridgehead atoms. The molecule has 1 unspecified atom stereocenters. The Balaban J connectivity index is 1.76. The molecule has 28 heavy (non-hydrogen) atoms. The molecular weight excluding hydrogens is 365 g/mol. The van der Waals surface area contributed by atoms with Gasteiger partial charge in [0.05, 0.1) is 29.7 Å². The Morgan fingerprint density at radius 1 is 1.29 bits per heavy atom. The molecule has 1 amide bonds. The zero-order valence-electron chi connectivity index (χ0n) is 15.6. The van der Waals surface area contributed by atoms with Gasteiger partial charge in [-0.25, -0.2) is 4.39 Å². The van der Waals surface area contributed by atoms with Gasteiger partial charge in [0, 0.05) is 12.6 Å². The molecule has 0 saturated carbocycles. The van der Waals surface area contributed by atoms with Crippen LogP contribution in [-0.2, 0) is 0 Å². The van der Waals surface area contributed by atoms with E-state index in [0.717, 1.165) is 55.4 Å². The van der Waals surface area contributed by atoms with Crippen molar-refractivity contribution in [3.63, 3.8) is 0 Å². The molecule has 0 aromatic heterocycles. The van der Waals surface area contributed by atoms with Crippen LogP contribution in [0.5, 0.6) is 5.75 Å². The van der Waals surface area contributed by atoms with Gasteiger partial charge in [-0.2, -0.15) is 0 Å². The molecule has 1 aliphatic rings. The number of benzene rings is 2. The monoisotopic (exact) mass is 387 g/mol. The highest BCUT2D eigenvalue weighted by molar-refractivity contribution is 5.94. The highest BCUT2D eigenvalue weighted by Crippen LogP contribution is 2.27. The zero-order chi connectivity index (χ0) is 20.1. The molecule has 2 aromatic carbocycles. The third-order valence-electron chi connectivity index (χ3n) is 4.92. The maximum atomic E-state index is 14.1. The van der Waals surface area contributed by atoms with E-state index in [4.69, 9.17) is 4.74 Å². The number of nitro benzene ring substituents is 1. The predicted molar refractivity (Wildman–Crippen MR) is 102 cm³/mol. The van der Waals surface area contributed by atoms with Gasteiger partial charge in [0.25, 0.3) is 11.6 Å².